The van der Waals surface area contributed by atoms with Crippen LogP contribution < -0.4 is 11.1 Å². The van der Waals surface area contributed by atoms with Crippen LogP contribution in [0.3, 0.4) is 0 Å². The number of nitrogen functional groups attached to an aromatic ring is 1. The summed E-state index contributed by atoms with van der Waals surface area (Å²) in [7, 11) is 0. The maximum atomic E-state index is 12.4. The Morgan fingerprint density at radius 2 is 2.37 bits per heavy atom. The number of morpholine rings is 1. The Balaban J connectivity index is 1.72. The Morgan fingerprint density at radius 3 is 3.05 bits per heavy atom. The molecule has 6 nitrogen and oxygen atoms in total. The van der Waals surface area contributed by atoms with Gasteiger partial charge in [-0.15, -0.1) is 0 Å². The molecule has 2 aliphatic rings. The Bertz CT molecular complexity index is 486. The maximum Gasteiger partial charge on any atom is 0.268 e. The van der Waals surface area contributed by atoms with Crippen LogP contribution in [0.25, 0.3) is 0 Å². The van der Waals surface area contributed by atoms with Gasteiger partial charge in [0, 0.05) is 19.1 Å². The fraction of sp³-hybridized carbons (Fsp3) is 0.667. The number of nitrogens with two attached hydrogens (primary N) is 1. The van der Waals surface area contributed by atoms with Crippen LogP contribution in [0.4, 0.5) is 10.9 Å². The Morgan fingerprint density at radius 1 is 1.58 bits per heavy atom. The molecule has 3 rings (SSSR count). The molecule has 2 fully saturated rings. The number of rotatable bonds is 3. The zero-order chi connectivity index (χ0) is 13.4. The number of amides is 1. The van der Waals surface area contributed by atoms with Gasteiger partial charge in [-0.3, -0.25) is 4.79 Å². The molecule has 0 radical (unpaired) electrons. The van der Waals surface area contributed by atoms with E-state index in [-0.39, 0.29) is 12.0 Å². The number of hydrogen-bond donors (Lipinski definition) is 2. The standard InChI is InChI=1S/C12H18N4O2S/c1-7-6-16(4-5-18-7)11(17)9-10(13)15-12(19-9)14-8-2-3-8/h7-8H,2-6,13H2,1H3,(H,14,15). The van der Waals surface area contributed by atoms with Crippen molar-refractivity contribution in [2.24, 2.45) is 0 Å². The number of anilines is 2. The van der Waals surface area contributed by atoms with Gasteiger partial charge in [0.05, 0.1) is 12.7 Å². The molecule has 0 bridgehead atoms. The van der Waals surface area contributed by atoms with Crippen molar-refractivity contribution in [3.63, 3.8) is 0 Å². The summed E-state index contributed by atoms with van der Waals surface area (Å²) in [5.74, 6) is 0.297. The molecule has 1 aromatic heterocycles. The van der Waals surface area contributed by atoms with Gasteiger partial charge in [-0.2, -0.15) is 0 Å². The smallest absolute Gasteiger partial charge is 0.268 e. The van der Waals surface area contributed by atoms with Crippen LogP contribution in [-0.2, 0) is 4.74 Å². The van der Waals surface area contributed by atoms with Crippen molar-refractivity contribution >= 4 is 28.2 Å². The van der Waals surface area contributed by atoms with Gasteiger partial charge in [0.1, 0.15) is 10.7 Å². The summed E-state index contributed by atoms with van der Waals surface area (Å²) in [4.78, 5) is 19.0. The molecule has 1 aliphatic carbocycles. The first-order valence-electron chi connectivity index (χ1n) is 6.57. The Hall–Kier alpha value is -1.34. The second-order valence-electron chi connectivity index (χ2n) is 5.08. The summed E-state index contributed by atoms with van der Waals surface area (Å²) in [5, 5.41) is 4.03. The van der Waals surface area contributed by atoms with Gasteiger partial charge in [-0.25, -0.2) is 4.98 Å². The molecule has 2 heterocycles. The highest BCUT2D eigenvalue weighted by Crippen LogP contribution is 2.31. The van der Waals surface area contributed by atoms with Crippen molar-refractivity contribution in [3.8, 4) is 0 Å². The Kier molecular flexibility index (Phi) is 3.32. The zero-order valence-corrected chi connectivity index (χ0v) is 11.7. The van der Waals surface area contributed by atoms with Crippen LogP contribution in [0.2, 0.25) is 0 Å². The molecule has 104 valence electrons. The van der Waals surface area contributed by atoms with Gasteiger partial charge in [0.25, 0.3) is 5.91 Å². The number of thiazole rings is 1. The van der Waals surface area contributed by atoms with E-state index in [1.54, 1.807) is 4.90 Å². The van der Waals surface area contributed by atoms with E-state index in [2.05, 4.69) is 10.3 Å². The highest BCUT2D eigenvalue weighted by molar-refractivity contribution is 7.18. The molecule has 1 atom stereocenters. The summed E-state index contributed by atoms with van der Waals surface area (Å²) in [6, 6.07) is 0.511. The van der Waals surface area contributed by atoms with E-state index >= 15 is 0 Å². The lowest BCUT2D eigenvalue weighted by Crippen LogP contribution is -2.44. The van der Waals surface area contributed by atoms with Gasteiger partial charge in [-0.05, 0) is 19.8 Å². The van der Waals surface area contributed by atoms with E-state index < -0.39 is 0 Å². The number of aromatic nitrogens is 1. The second-order valence-corrected chi connectivity index (χ2v) is 6.08. The van der Waals surface area contributed by atoms with E-state index in [1.807, 2.05) is 6.92 Å². The number of nitrogens with one attached hydrogen (secondary N) is 1. The fourth-order valence-corrected chi connectivity index (χ4v) is 3.03. The van der Waals surface area contributed by atoms with E-state index in [9.17, 15) is 4.79 Å². The van der Waals surface area contributed by atoms with Gasteiger partial charge < -0.3 is 20.7 Å². The third-order valence-electron chi connectivity index (χ3n) is 3.28. The lowest BCUT2D eigenvalue weighted by Gasteiger charge is -2.30. The molecule has 1 unspecified atom stereocenters. The van der Waals surface area contributed by atoms with Crippen LogP contribution in [0.1, 0.15) is 29.4 Å². The van der Waals surface area contributed by atoms with Crippen molar-refractivity contribution in [1.82, 2.24) is 9.88 Å². The van der Waals surface area contributed by atoms with Crippen LogP contribution in [-0.4, -0.2) is 47.6 Å². The normalized spacial score (nSPS) is 23.4. The lowest BCUT2D eigenvalue weighted by atomic mass is 10.3. The molecule has 1 saturated heterocycles. The molecule has 1 saturated carbocycles. The van der Waals surface area contributed by atoms with Gasteiger partial charge >= 0.3 is 0 Å². The van der Waals surface area contributed by atoms with Crippen LogP contribution in [0, 0.1) is 0 Å². The fourth-order valence-electron chi connectivity index (χ4n) is 2.10. The SMILES string of the molecule is CC1CN(C(=O)c2sc(NC3CC3)nc2N)CCO1. The predicted molar refractivity (Wildman–Crippen MR) is 74.5 cm³/mol. The first-order valence-corrected chi connectivity index (χ1v) is 7.39. The van der Waals surface area contributed by atoms with Gasteiger partial charge in [0.2, 0.25) is 0 Å². The third-order valence-corrected chi connectivity index (χ3v) is 4.27. The topological polar surface area (TPSA) is 80.5 Å². The minimum atomic E-state index is -0.0333. The minimum Gasteiger partial charge on any atom is -0.382 e. The van der Waals surface area contributed by atoms with Gasteiger partial charge in [0.15, 0.2) is 5.13 Å². The van der Waals surface area contributed by atoms with Crippen molar-refractivity contribution < 1.29 is 9.53 Å². The van der Waals surface area contributed by atoms with Crippen molar-refractivity contribution in [2.45, 2.75) is 31.9 Å². The van der Waals surface area contributed by atoms with Crippen LogP contribution in [0.5, 0.6) is 0 Å². The maximum absolute atomic E-state index is 12.4. The van der Waals surface area contributed by atoms with Crippen LogP contribution >= 0.6 is 11.3 Å². The van der Waals surface area contributed by atoms with E-state index in [1.165, 1.54) is 24.2 Å². The molecule has 1 amide bonds. The highest BCUT2D eigenvalue weighted by Gasteiger charge is 2.28. The van der Waals surface area contributed by atoms with Crippen molar-refractivity contribution in [2.75, 3.05) is 30.7 Å². The molecule has 7 heteroatoms. The van der Waals surface area contributed by atoms with Crippen LogP contribution in [0.15, 0.2) is 0 Å². The number of hydrogen-bond acceptors (Lipinski definition) is 6. The molecule has 0 aromatic carbocycles. The first-order chi connectivity index (χ1) is 9.13. The van der Waals surface area contributed by atoms with Crippen molar-refractivity contribution in [3.05, 3.63) is 4.88 Å². The number of carbonyl (C=O) groups is 1. The average molecular weight is 282 g/mol. The van der Waals surface area contributed by atoms with Gasteiger partial charge in [-0.1, -0.05) is 11.3 Å². The summed E-state index contributed by atoms with van der Waals surface area (Å²) < 4.78 is 5.44. The lowest BCUT2D eigenvalue weighted by molar-refractivity contribution is -0.0122. The monoisotopic (exact) mass is 282 g/mol. The zero-order valence-electron chi connectivity index (χ0n) is 10.9. The summed E-state index contributed by atoms with van der Waals surface area (Å²) in [6.45, 7) is 3.78. The number of carbonyl (C=O) groups excluding carboxylic acids is 1. The quantitative estimate of drug-likeness (QED) is 0.869. The average Bonchev–Trinajstić information content (AvgIpc) is 3.11. The summed E-state index contributed by atoms with van der Waals surface area (Å²) in [5.41, 5.74) is 5.86. The summed E-state index contributed by atoms with van der Waals surface area (Å²) >= 11 is 1.35. The molecular weight excluding hydrogens is 264 g/mol. The minimum absolute atomic E-state index is 0.0333. The second kappa shape index (κ2) is 4.97. The summed E-state index contributed by atoms with van der Waals surface area (Å²) in [6.07, 6.45) is 2.42. The molecule has 19 heavy (non-hydrogen) atoms. The molecule has 0 spiro atoms. The molecule has 3 N–H and O–H groups in total. The molecule has 1 aliphatic heterocycles. The van der Waals surface area contributed by atoms with E-state index in [0.29, 0.717) is 36.4 Å². The Labute approximate surface area is 115 Å². The first kappa shape index (κ1) is 12.7. The third kappa shape index (κ3) is 2.82. The largest absolute Gasteiger partial charge is 0.382 e. The van der Waals surface area contributed by atoms with Crippen molar-refractivity contribution in [1.29, 1.82) is 0 Å². The highest BCUT2D eigenvalue weighted by atomic mass is 32.1. The molecular formula is C12H18N4O2S. The van der Waals surface area contributed by atoms with E-state index in [0.717, 1.165) is 5.13 Å². The predicted octanol–water partition coefficient (Wildman–Crippen LogP) is 1.16. The number of ether oxygens (including phenoxy) is 1. The number of nitrogens with zero attached hydrogens (tertiary/aromatic N) is 2. The molecule has 1 aromatic rings. The van der Waals surface area contributed by atoms with E-state index in [4.69, 9.17) is 10.5 Å².